The van der Waals surface area contributed by atoms with Crippen molar-refractivity contribution < 1.29 is 14.0 Å². The largest absolute Gasteiger partial charge is 0.443 e. The summed E-state index contributed by atoms with van der Waals surface area (Å²) >= 11 is 6.66. The Bertz CT molecular complexity index is 1440. The molecule has 2 heterocycles. The predicted octanol–water partition coefficient (Wildman–Crippen LogP) is 8.81. The molecular weight excluding hydrogens is 488 g/mol. The normalized spacial score (nSPS) is 12.9. The molecule has 7 heteroatoms. The number of pyridine rings is 1. The summed E-state index contributed by atoms with van der Waals surface area (Å²) in [5.41, 5.74) is 3.29. The molecule has 0 spiro atoms. The number of ether oxygens (including phenoxy) is 1. The number of nitrogens with zero attached hydrogens (tertiary/aromatic N) is 2. The fourth-order valence-electron chi connectivity index (χ4n) is 3.81. The van der Waals surface area contributed by atoms with Crippen molar-refractivity contribution in [1.29, 1.82) is 0 Å². The summed E-state index contributed by atoms with van der Waals surface area (Å²) in [5.74, 6) is 0. The molecule has 0 amide bonds. The summed E-state index contributed by atoms with van der Waals surface area (Å²) < 4.78 is 13.8. The third-order valence-electron chi connectivity index (χ3n) is 6.80. The van der Waals surface area contributed by atoms with Crippen molar-refractivity contribution in [3.05, 3.63) is 65.3 Å². The van der Waals surface area contributed by atoms with Crippen LogP contribution in [0.1, 0.15) is 47.1 Å². The highest BCUT2D eigenvalue weighted by Gasteiger charge is 2.37. The first-order valence-corrected chi connectivity index (χ1v) is 15.5. The third kappa shape index (κ3) is 5.36. The highest BCUT2D eigenvalue weighted by atomic mass is 35.5. The van der Waals surface area contributed by atoms with Gasteiger partial charge in [-0.05, 0) is 74.8 Å². The molecule has 0 aliphatic carbocycles. The summed E-state index contributed by atoms with van der Waals surface area (Å²) in [6, 6.07) is 17.8. The van der Waals surface area contributed by atoms with Gasteiger partial charge in [-0.1, -0.05) is 56.6 Å². The van der Waals surface area contributed by atoms with Crippen LogP contribution in [-0.4, -0.2) is 29.6 Å². The van der Waals surface area contributed by atoms with Gasteiger partial charge in [-0.25, -0.2) is 14.3 Å². The summed E-state index contributed by atoms with van der Waals surface area (Å²) in [6.07, 6.45) is -0.456. The number of benzene rings is 2. The summed E-state index contributed by atoms with van der Waals surface area (Å²) in [4.78, 5) is 18.0. The fraction of sp³-hybridized carbons (Fsp3) is 0.379. The first-order valence-electron chi connectivity index (χ1n) is 12.2. The minimum Gasteiger partial charge on any atom is -0.443 e. The number of carbonyl (C=O) groups is 1. The highest BCUT2D eigenvalue weighted by Crippen LogP contribution is 2.38. The van der Waals surface area contributed by atoms with Crippen molar-refractivity contribution in [3.8, 4) is 11.3 Å². The van der Waals surface area contributed by atoms with Crippen LogP contribution in [0.2, 0.25) is 23.3 Å². The van der Waals surface area contributed by atoms with Gasteiger partial charge >= 0.3 is 6.09 Å². The number of aromatic nitrogens is 2. The Balaban J connectivity index is 1.83. The Morgan fingerprint density at radius 2 is 1.67 bits per heavy atom. The van der Waals surface area contributed by atoms with Crippen LogP contribution in [0.4, 0.5) is 4.79 Å². The molecule has 0 aliphatic heterocycles. The van der Waals surface area contributed by atoms with Crippen LogP contribution >= 0.6 is 11.6 Å². The molecule has 0 atom stereocenters. The van der Waals surface area contributed by atoms with Crippen molar-refractivity contribution in [2.75, 3.05) is 0 Å². The Hall–Kier alpha value is -2.67. The second-order valence-corrected chi connectivity index (χ2v) is 17.0. The van der Waals surface area contributed by atoms with Crippen LogP contribution in [0.15, 0.2) is 54.6 Å². The average Bonchev–Trinajstić information content (AvgIpc) is 3.14. The van der Waals surface area contributed by atoms with Crippen LogP contribution in [0, 0.1) is 0 Å². The Kier molecular flexibility index (Phi) is 6.84. The van der Waals surface area contributed by atoms with Gasteiger partial charge in [0.15, 0.2) is 8.32 Å². The quantitative estimate of drug-likeness (QED) is 0.198. The monoisotopic (exact) mass is 522 g/mol. The van der Waals surface area contributed by atoms with E-state index >= 15 is 0 Å². The number of halogens is 1. The van der Waals surface area contributed by atoms with Gasteiger partial charge in [0.05, 0.1) is 23.3 Å². The van der Waals surface area contributed by atoms with E-state index in [1.54, 1.807) is 4.57 Å². The van der Waals surface area contributed by atoms with Crippen LogP contribution < -0.4 is 0 Å². The zero-order chi connectivity index (χ0) is 26.5. The van der Waals surface area contributed by atoms with Crippen molar-refractivity contribution in [3.63, 3.8) is 0 Å². The second-order valence-electron chi connectivity index (χ2n) is 11.8. The van der Waals surface area contributed by atoms with Gasteiger partial charge < -0.3 is 9.16 Å². The first-order chi connectivity index (χ1) is 16.7. The van der Waals surface area contributed by atoms with Gasteiger partial charge in [-0.15, -0.1) is 0 Å². The molecule has 2 aromatic carbocycles. The predicted molar refractivity (Wildman–Crippen MR) is 151 cm³/mol. The summed E-state index contributed by atoms with van der Waals surface area (Å²) in [6.45, 7) is 17.3. The molecule has 0 bridgehead atoms. The molecule has 4 rings (SSSR count). The lowest BCUT2D eigenvalue weighted by Crippen LogP contribution is -2.40. The molecular formula is C29H35ClN2O3Si. The molecule has 0 saturated heterocycles. The van der Waals surface area contributed by atoms with Crippen LogP contribution in [0.5, 0.6) is 0 Å². The van der Waals surface area contributed by atoms with E-state index in [-0.39, 0.29) is 5.04 Å². The van der Waals surface area contributed by atoms with E-state index < -0.39 is 20.0 Å². The van der Waals surface area contributed by atoms with E-state index in [2.05, 4.69) is 44.9 Å². The smallest absolute Gasteiger partial charge is 0.419 e. The molecule has 0 unspecified atom stereocenters. The Morgan fingerprint density at radius 3 is 2.33 bits per heavy atom. The maximum Gasteiger partial charge on any atom is 0.419 e. The van der Waals surface area contributed by atoms with Crippen molar-refractivity contribution in [1.82, 2.24) is 9.55 Å². The summed E-state index contributed by atoms with van der Waals surface area (Å²) in [5, 5.41) is 2.32. The first kappa shape index (κ1) is 26.4. The van der Waals surface area contributed by atoms with Gasteiger partial charge in [-0.3, -0.25) is 0 Å². The van der Waals surface area contributed by atoms with E-state index in [9.17, 15) is 4.79 Å². The molecule has 0 fully saturated rings. The lowest BCUT2D eigenvalue weighted by Gasteiger charge is -2.36. The van der Waals surface area contributed by atoms with E-state index in [0.29, 0.717) is 23.0 Å². The molecule has 2 aromatic heterocycles. The number of hydrogen-bond donors (Lipinski definition) is 0. The van der Waals surface area contributed by atoms with E-state index in [1.165, 1.54) is 0 Å². The zero-order valence-electron chi connectivity index (χ0n) is 22.4. The van der Waals surface area contributed by atoms with Crippen LogP contribution in [-0.2, 0) is 15.8 Å². The van der Waals surface area contributed by atoms with Gasteiger partial charge in [-0.2, -0.15) is 0 Å². The van der Waals surface area contributed by atoms with Crippen LogP contribution in [0.25, 0.3) is 33.1 Å². The minimum atomic E-state index is -1.90. The lowest BCUT2D eigenvalue weighted by molar-refractivity contribution is 0.0547. The van der Waals surface area contributed by atoms with Crippen LogP contribution in [0.3, 0.4) is 0 Å². The van der Waals surface area contributed by atoms with Crippen molar-refractivity contribution in [2.24, 2.45) is 0 Å². The lowest BCUT2D eigenvalue weighted by atomic mass is 10.1. The van der Waals surface area contributed by atoms with Gasteiger partial charge in [0.2, 0.25) is 0 Å². The molecule has 36 heavy (non-hydrogen) atoms. The van der Waals surface area contributed by atoms with Gasteiger partial charge in [0, 0.05) is 16.3 Å². The maximum atomic E-state index is 13.4. The molecule has 4 aromatic rings. The SMILES string of the molecule is CC(C)(C)OC(=O)n1c(-c2cc3ccccc3nc2Cl)cc2cc(CO[Si](C)(C)C(C)(C)C)ccc21. The fourth-order valence-corrected chi connectivity index (χ4v) is 5.01. The van der Waals surface area contributed by atoms with E-state index in [0.717, 1.165) is 27.4 Å². The maximum absolute atomic E-state index is 13.4. The van der Waals surface area contributed by atoms with Crippen molar-refractivity contribution >= 4 is 47.8 Å². The third-order valence-corrected chi connectivity index (χ3v) is 11.6. The molecule has 190 valence electrons. The number of rotatable bonds is 4. The second kappa shape index (κ2) is 9.33. The molecule has 0 aliphatic rings. The Morgan fingerprint density at radius 1 is 0.972 bits per heavy atom. The number of hydrogen-bond acceptors (Lipinski definition) is 4. The Labute approximate surface area is 219 Å². The molecule has 0 N–H and O–H groups in total. The van der Waals surface area contributed by atoms with Crippen molar-refractivity contribution in [2.45, 2.75) is 71.9 Å². The van der Waals surface area contributed by atoms with Gasteiger partial charge in [0.25, 0.3) is 0 Å². The highest BCUT2D eigenvalue weighted by molar-refractivity contribution is 6.74. The average molecular weight is 523 g/mol. The summed E-state index contributed by atoms with van der Waals surface area (Å²) in [7, 11) is -1.90. The zero-order valence-corrected chi connectivity index (χ0v) is 24.2. The topological polar surface area (TPSA) is 53.4 Å². The number of fused-ring (bicyclic) bond motifs is 2. The van der Waals surface area contributed by atoms with E-state index in [1.807, 2.05) is 69.3 Å². The molecule has 0 saturated carbocycles. The number of carbonyl (C=O) groups excluding carboxylic acids is 1. The minimum absolute atomic E-state index is 0.129. The standard InChI is InChI=1S/C29H35ClN2O3Si/c1-28(2,3)35-27(33)32-24-14-13-19(18-34-36(7,8)29(4,5)6)15-21(24)17-25(32)22-16-20-11-9-10-12-23(20)31-26(22)30/h9-17H,18H2,1-8H3. The van der Waals surface area contributed by atoms with Gasteiger partial charge in [0.1, 0.15) is 10.8 Å². The van der Waals surface area contributed by atoms with E-state index in [4.69, 9.17) is 20.8 Å². The molecule has 5 nitrogen and oxygen atoms in total. The number of para-hydroxylation sites is 1. The molecule has 0 radical (unpaired) electrons.